The lowest BCUT2D eigenvalue weighted by atomic mass is 10.0. The third-order valence-electron chi connectivity index (χ3n) is 24.8. The molecule has 0 saturated heterocycles. The van der Waals surface area contributed by atoms with E-state index in [9.17, 15) is 19.8 Å². The molecule has 0 radical (unpaired) electrons. The van der Waals surface area contributed by atoms with Crippen LogP contribution in [0.5, 0.6) is 0 Å². The summed E-state index contributed by atoms with van der Waals surface area (Å²) in [5.74, 6) is 0.0310. The highest BCUT2D eigenvalue weighted by molar-refractivity contribution is 6.79. The van der Waals surface area contributed by atoms with Crippen molar-refractivity contribution in [1.82, 2.24) is 9.80 Å². The second-order valence-corrected chi connectivity index (χ2v) is 53.6. The largest absolute Gasteiger partial charge is 0.462 e. The Morgan fingerprint density at radius 1 is 0.238 bits per heavy atom. The van der Waals surface area contributed by atoms with Gasteiger partial charge in [-0.15, -0.1) is 0 Å². The van der Waals surface area contributed by atoms with E-state index in [1.807, 2.05) is 0 Å². The second-order valence-electron chi connectivity index (χ2n) is 39.7. The molecule has 0 spiro atoms. The summed E-state index contributed by atoms with van der Waals surface area (Å²) in [5.41, 5.74) is 0. The highest BCUT2D eigenvalue weighted by Crippen LogP contribution is 2.28. The van der Waals surface area contributed by atoms with Gasteiger partial charge in [-0.1, -0.05) is 364 Å². The molecule has 0 aromatic heterocycles. The Bertz CT molecular complexity index is 2030. The van der Waals surface area contributed by atoms with E-state index >= 15 is 0 Å². The fourth-order valence-corrected chi connectivity index (χ4v) is 30.6. The highest BCUT2D eigenvalue weighted by atomic mass is 28.5. The maximum absolute atomic E-state index is 12.8. The Morgan fingerprint density at radius 2 is 0.444 bits per heavy atom. The minimum absolute atomic E-state index is 0.0155. The number of rotatable bonds is 102. The molecular weight excluding hydrogens is 1640 g/mol. The molecule has 0 aromatic rings. The van der Waals surface area contributed by atoms with E-state index < -0.39 is 34.2 Å². The molecule has 2 N–H and O–H groups in total. The van der Waals surface area contributed by atoms with Crippen LogP contribution in [0.2, 0.25) is 52.4 Å². The number of ether oxygens (including phenoxy) is 4. The van der Waals surface area contributed by atoms with Crippen molar-refractivity contribution >= 4 is 46.2 Å². The van der Waals surface area contributed by atoms with Gasteiger partial charge >= 0.3 is 46.2 Å². The average molecular weight is 1860 g/mol. The van der Waals surface area contributed by atoms with E-state index in [-0.39, 0.29) is 49.9 Å². The molecule has 2 atom stereocenters. The molecule has 0 saturated carbocycles. The Labute approximate surface area is 789 Å². The summed E-state index contributed by atoms with van der Waals surface area (Å²) in [6.45, 7) is 44.3. The predicted molar refractivity (Wildman–Crippen MR) is 550 cm³/mol. The number of carbonyl (C=O) groups excluding carboxylic acids is 2. The molecule has 756 valence electrons. The number of hydrogen-bond acceptors (Lipinski definition) is 16. The van der Waals surface area contributed by atoms with Gasteiger partial charge in [-0.25, -0.2) is 0 Å². The first-order valence-corrected chi connectivity index (χ1v) is 66.6. The van der Waals surface area contributed by atoms with Gasteiger partial charge in [0.25, 0.3) is 0 Å². The summed E-state index contributed by atoms with van der Waals surface area (Å²) in [7, 11) is -9.58. The summed E-state index contributed by atoms with van der Waals surface area (Å²) < 4.78 is 64.5. The lowest BCUT2D eigenvalue weighted by Crippen LogP contribution is -2.50. The molecular formula is C106H222N2O14Si4. The third kappa shape index (κ3) is 92.4. The topological polar surface area (TPSA) is 173 Å². The normalized spacial score (nSPS) is 12.9. The van der Waals surface area contributed by atoms with Crippen LogP contribution in [0.4, 0.5) is 0 Å². The number of hydrogen-bond donors (Lipinski definition) is 2. The van der Waals surface area contributed by atoms with Crippen molar-refractivity contribution in [1.29, 1.82) is 0 Å². The quantitative estimate of drug-likeness (QED) is 0.0255. The van der Waals surface area contributed by atoms with Crippen molar-refractivity contribution in [3.8, 4) is 0 Å². The Hall–Kier alpha value is -0.672. The van der Waals surface area contributed by atoms with E-state index in [0.29, 0.717) is 12.8 Å². The molecule has 0 rings (SSSR count). The SMILES string of the molecule is CCCCCCCCOC(CCCCCN(CCO)CCCCCCCC(=O)OC(CCCCCCCC)CCCCCCCC)O[Si](C)(C)O[Si](C)(C)OCCCCCCCC.CCCCCCCCOC(CCCCCN(CCO)CCCCCCCC(=O)OC(CCCCCCCC)CCCCCCCC)O[Si](C)(C)O[Si](C)(C)OCCCCCCCC. The molecule has 0 aliphatic carbocycles. The fraction of sp³-hybridized carbons (Fsp3) is 0.981. The Balaban J connectivity index is 0. The number of esters is 2. The molecule has 0 bridgehead atoms. The van der Waals surface area contributed by atoms with Crippen molar-refractivity contribution in [3.05, 3.63) is 0 Å². The summed E-state index contributed by atoms with van der Waals surface area (Å²) in [6.07, 6.45) is 85.0. The predicted octanol–water partition coefficient (Wildman–Crippen LogP) is 32.2. The zero-order valence-electron chi connectivity index (χ0n) is 87.4. The van der Waals surface area contributed by atoms with Crippen LogP contribution < -0.4 is 0 Å². The maximum Gasteiger partial charge on any atom is 0.324 e. The van der Waals surface area contributed by atoms with Crippen molar-refractivity contribution in [2.75, 3.05) is 78.9 Å². The number of nitrogens with zero attached hydrogens (tertiary/aromatic N) is 2. The Kier molecular flexibility index (Phi) is 95.7. The van der Waals surface area contributed by atoms with Gasteiger partial charge in [0.1, 0.15) is 24.8 Å². The standard InChI is InChI=1S/2C53H111NO7Si2/c2*1-9-13-17-21-26-33-41-51(42-34-27-22-18-14-10-2)59-52(56)43-35-28-25-29-37-45-54(47-48-55)46-38-32-36-44-53(57-49-39-30-23-19-15-11-3)60-63(7,8)61-62(5,6)58-50-40-31-24-20-16-12-4/h2*51,53,55H,9-50H2,1-8H3. The van der Waals surface area contributed by atoms with Crippen LogP contribution in [0, 0.1) is 0 Å². The van der Waals surface area contributed by atoms with Crippen molar-refractivity contribution in [2.45, 2.75) is 595 Å². The monoisotopic (exact) mass is 1860 g/mol. The number of carbonyl (C=O) groups is 2. The second kappa shape index (κ2) is 94.7. The van der Waals surface area contributed by atoms with Gasteiger partial charge in [0.05, 0.1) is 13.2 Å². The van der Waals surface area contributed by atoms with Gasteiger partial charge in [-0.2, -0.15) is 0 Å². The number of unbranched alkanes of at least 4 members (excludes halogenated alkanes) is 52. The first-order chi connectivity index (χ1) is 61.0. The lowest BCUT2D eigenvalue weighted by Gasteiger charge is -2.35. The van der Waals surface area contributed by atoms with Crippen molar-refractivity contribution in [3.63, 3.8) is 0 Å². The zero-order chi connectivity index (χ0) is 93.1. The van der Waals surface area contributed by atoms with Crippen LogP contribution in [0.15, 0.2) is 0 Å². The molecule has 0 fully saturated rings. The summed E-state index contributed by atoms with van der Waals surface area (Å²) in [5, 5.41) is 19.6. The maximum atomic E-state index is 12.8. The van der Waals surface area contributed by atoms with Crippen LogP contribution in [-0.4, -0.2) is 170 Å². The minimum Gasteiger partial charge on any atom is -0.462 e. The van der Waals surface area contributed by atoms with Gasteiger partial charge in [0.15, 0.2) is 0 Å². The van der Waals surface area contributed by atoms with E-state index in [1.165, 1.54) is 283 Å². The summed E-state index contributed by atoms with van der Waals surface area (Å²) in [6, 6.07) is 0. The number of aliphatic hydroxyl groups excluding tert-OH is 2. The lowest BCUT2D eigenvalue weighted by molar-refractivity contribution is -0.151. The van der Waals surface area contributed by atoms with E-state index in [4.69, 9.17) is 44.9 Å². The van der Waals surface area contributed by atoms with Crippen LogP contribution in [-0.2, 0) is 54.5 Å². The zero-order valence-corrected chi connectivity index (χ0v) is 91.4. The summed E-state index contributed by atoms with van der Waals surface area (Å²) in [4.78, 5) is 30.5. The van der Waals surface area contributed by atoms with E-state index in [1.54, 1.807) is 0 Å². The first-order valence-electron chi connectivity index (χ1n) is 55.4. The molecule has 2 unspecified atom stereocenters. The van der Waals surface area contributed by atoms with Gasteiger partial charge in [0.2, 0.25) is 0 Å². The van der Waals surface area contributed by atoms with Crippen LogP contribution in [0.25, 0.3) is 0 Å². The summed E-state index contributed by atoms with van der Waals surface area (Å²) >= 11 is 0. The molecule has 16 nitrogen and oxygen atoms in total. The van der Waals surface area contributed by atoms with Crippen LogP contribution >= 0.6 is 0 Å². The van der Waals surface area contributed by atoms with Gasteiger partial charge in [-0.3, -0.25) is 9.59 Å². The highest BCUT2D eigenvalue weighted by Gasteiger charge is 2.40. The van der Waals surface area contributed by atoms with Crippen molar-refractivity contribution in [2.24, 2.45) is 0 Å². The van der Waals surface area contributed by atoms with Gasteiger partial charge < -0.3 is 64.9 Å². The smallest absolute Gasteiger partial charge is 0.324 e. The molecule has 0 heterocycles. The van der Waals surface area contributed by atoms with Gasteiger partial charge in [-0.05, 0) is 220 Å². The minimum atomic E-state index is -2.48. The van der Waals surface area contributed by atoms with E-state index in [2.05, 4.69) is 118 Å². The third-order valence-corrected chi connectivity index (χ3v) is 36.1. The number of aliphatic hydroxyl groups is 2. The van der Waals surface area contributed by atoms with E-state index in [0.717, 1.165) is 233 Å². The van der Waals surface area contributed by atoms with Crippen molar-refractivity contribution < 1.29 is 64.7 Å². The molecule has 0 aliphatic heterocycles. The Morgan fingerprint density at radius 3 is 0.698 bits per heavy atom. The fourth-order valence-electron chi connectivity index (χ4n) is 17.4. The molecule has 20 heteroatoms. The molecule has 0 aliphatic rings. The molecule has 0 aromatic carbocycles. The van der Waals surface area contributed by atoms with Crippen LogP contribution in [0.3, 0.4) is 0 Å². The van der Waals surface area contributed by atoms with Crippen LogP contribution in [0.1, 0.15) is 518 Å². The molecule has 126 heavy (non-hydrogen) atoms. The average Bonchev–Trinajstić information content (AvgIpc) is 0.858. The molecule has 0 amide bonds. The van der Waals surface area contributed by atoms with Gasteiger partial charge in [0, 0.05) is 52.4 Å². The first kappa shape index (κ1) is 127.